The summed E-state index contributed by atoms with van der Waals surface area (Å²) in [6.07, 6.45) is -1.75. The first kappa shape index (κ1) is 18.1. The summed E-state index contributed by atoms with van der Waals surface area (Å²) in [5.41, 5.74) is 0. The molecule has 1 aromatic rings. The fourth-order valence-corrected chi connectivity index (χ4v) is 2.50. The van der Waals surface area contributed by atoms with E-state index in [4.69, 9.17) is 23.7 Å². The number of methoxy groups -OCH3 is 1. The molecule has 0 amide bonds. The highest BCUT2D eigenvalue weighted by molar-refractivity contribution is 5.66. The van der Waals surface area contributed by atoms with Crippen LogP contribution >= 0.6 is 0 Å². The van der Waals surface area contributed by atoms with Gasteiger partial charge in [-0.3, -0.25) is 9.59 Å². The molecule has 0 saturated carbocycles. The van der Waals surface area contributed by atoms with Crippen LogP contribution in [0, 0.1) is 5.92 Å². The molecule has 1 saturated heterocycles. The Morgan fingerprint density at radius 3 is 2.25 bits per heavy atom. The van der Waals surface area contributed by atoms with Crippen molar-refractivity contribution < 1.29 is 33.3 Å². The van der Waals surface area contributed by atoms with Crippen molar-refractivity contribution in [1.82, 2.24) is 0 Å². The van der Waals surface area contributed by atoms with Crippen molar-refractivity contribution >= 4 is 11.9 Å². The maximum absolute atomic E-state index is 11.3. The van der Waals surface area contributed by atoms with Gasteiger partial charge >= 0.3 is 11.9 Å². The number of esters is 2. The van der Waals surface area contributed by atoms with Crippen LogP contribution in [0.4, 0.5) is 0 Å². The van der Waals surface area contributed by atoms with Gasteiger partial charge in [0.2, 0.25) is 6.29 Å². The summed E-state index contributed by atoms with van der Waals surface area (Å²) in [4.78, 5) is 22.3. The summed E-state index contributed by atoms with van der Waals surface area (Å²) in [6, 6.07) is 7.06. The van der Waals surface area contributed by atoms with E-state index in [-0.39, 0.29) is 12.5 Å². The van der Waals surface area contributed by atoms with Gasteiger partial charge < -0.3 is 23.7 Å². The molecule has 0 N–H and O–H groups in total. The van der Waals surface area contributed by atoms with Crippen molar-refractivity contribution in [3.05, 3.63) is 24.3 Å². The third-order valence-electron chi connectivity index (χ3n) is 3.69. The smallest absolute Gasteiger partial charge is 0.303 e. The highest BCUT2D eigenvalue weighted by atomic mass is 16.7. The van der Waals surface area contributed by atoms with E-state index < -0.39 is 30.4 Å². The van der Waals surface area contributed by atoms with Crippen molar-refractivity contribution in [1.29, 1.82) is 0 Å². The van der Waals surface area contributed by atoms with Crippen molar-refractivity contribution in [2.45, 2.75) is 39.3 Å². The second kappa shape index (κ2) is 8.01. The second-order valence-corrected chi connectivity index (χ2v) is 5.57. The van der Waals surface area contributed by atoms with E-state index in [1.165, 1.54) is 13.8 Å². The molecule has 24 heavy (non-hydrogen) atoms. The first-order chi connectivity index (χ1) is 11.4. The molecule has 0 aromatic heterocycles. The van der Waals surface area contributed by atoms with Gasteiger partial charge in [-0.05, 0) is 24.3 Å². The van der Waals surface area contributed by atoms with Crippen molar-refractivity contribution in [2.75, 3.05) is 13.7 Å². The minimum atomic E-state index is -0.622. The van der Waals surface area contributed by atoms with Crippen LogP contribution in [0.1, 0.15) is 20.8 Å². The predicted molar refractivity (Wildman–Crippen MR) is 83.6 cm³/mol. The van der Waals surface area contributed by atoms with Gasteiger partial charge in [0, 0.05) is 13.8 Å². The number of rotatable bonds is 6. The Kier molecular flexibility index (Phi) is 6.03. The fraction of sp³-hybridized carbons (Fsp3) is 0.529. The summed E-state index contributed by atoms with van der Waals surface area (Å²) < 4.78 is 27.0. The summed E-state index contributed by atoms with van der Waals surface area (Å²) in [7, 11) is 1.58. The SMILES string of the molecule is COc1ccc(OC2O[C@H](COC(C)=O)[C@@H](OC(C)=O)[C@H]2C)cc1. The van der Waals surface area contributed by atoms with Gasteiger partial charge in [0.1, 0.15) is 30.3 Å². The van der Waals surface area contributed by atoms with Crippen LogP contribution in [0.2, 0.25) is 0 Å². The Hall–Kier alpha value is -2.28. The predicted octanol–water partition coefficient (Wildman–Crippen LogP) is 1.93. The molecule has 2 rings (SSSR count). The Labute approximate surface area is 140 Å². The van der Waals surface area contributed by atoms with Gasteiger partial charge in [0.25, 0.3) is 0 Å². The van der Waals surface area contributed by atoms with Crippen LogP contribution in [0.25, 0.3) is 0 Å². The second-order valence-electron chi connectivity index (χ2n) is 5.57. The molecule has 0 bridgehead atoms. The highest BCUT2D eigenvalue weighted by Gasteiger charge is 2.46. The first-order valence-corrected chi connectivity index (χ1v) is 7.67. The molecule has 1 heterocycles. The number of hydrogen-bond acceptors (Lipinski definition) is 7. The number of benzene rings is 1. The van der Waals surface area contributed by atoms with Gasteiger partial charge in [-0.2, -0.15) is 0 Å². The molecule has 1 unspecified atom stereocenters. The average molecular weight is 338 g/mol. The summed E-state index contributed by atoms with van der Waals surface area (Å²) in [5, 5.41) is 0. The van der Waals surface area contributed by atoms with Crippen LogP contribution in [0.3, 0.4) is 0 Å². The molecule has 7 heteroatoms. The lowest BCUT2D eigenvalue weighted by Crippen LogP contribution is -2.34. The van der Waals surface area contributed by atoms with Gasteiger partial charge in [-0.25, -0.2) is 0 Å². The quantitative estimate of drug-likeness (QED) is 0.733. The fourth-order valence-electron chi connectivity index (χ4n) is 2.50. The Bertz CT molecular complexity index is 569. The molecule has 0 aliphatic carbocycles. The van der Waals surface area contributed by atoms with Crippen LogP contribution in [0.5, 0.6) is 11.5 Å². The number of carbonyl (C=O) groups is 2. The monoisotopic (exact) mass is 338 g/mol. The largest absolute Gasteiger partial charge is 0.497 e. The van der Waals surface area contributed by atoms with Crippen molar-refractivity contribution in [3.8, 4) is 11.5 Å². The highest BCUT2D eigenvalue weighted by Crippen LogP contribution is 2.32. The topological polar surface area (TPSA) is 80.3 Å². The van der Waals surface area contributed by atoms with Gasteiger partial charge in [0.15, 0.2) is 0 Å². The van der Waals surface area contributed by atoms with E-state index in [1.54, 1.807) is 31.4 Å². The maximum Gasteiger partial charge on any atom is 0.303 e. The molecule has 0 spiro atoms. The molecular formula is C17H22O7. The average Bonchev–Trinajstić information content (AvgIpc) is 2.82. The standard InChI is InChI=1S/C17H22O7/c1-10-16(22-12(3)19)15(9-21-11(2)18)24-17(10)23-14-7-5-13(20-4)6-8-14/h5-8,10,15-17H,9H2,1-4H3/t10-,15-,16+,17?/m1/s1. The maximum atomic E-state index is 11.3. The Morgan fingerprint density at radius 1 is 1.08 bits per heavy atom. The lowest BCUT2D eigenvalue weighted by molar-refractivity contribution is -0.157. The van der Waals surface area contributed by atoms with E-state index >= 15 is 0 Å². The van der Waals surface area contributed by atoms with Crippen molar-refractivity contribution in [2.24, 2.45) is 5.92 Å². The van der Waals surface area contributed by atoms with E-state index in [0.717, 1.165) is 0 Å². The van der Waals surface area contributed by atoms with E-state index in [9.17, 15) is 9.59 Å². The number of hydrogen-bond donors (Lipinski definition) is 0. The minimum absolute atomic E-state index is 0.0000918. The van der Waals surface area contributed by atoms with Crippen LogP contribution < -0.4 is 9.47 Å². The normalized spacial score (nSPS) is 25.8. The molecule has 1 aromatic carbocycles. The zero-order valence-electron chi connectivity index (χ0n) is 14.2. The van der Waals surface area contributed by atoms with Crippen molar-refractivity contribution in [3.63, 3.8) is 0 Å². The number of carbonyl (C=O) groups excluding carboxylic acids is 2. The van der Waals surface area contributed by atoms with Crippen LogP contribution in [-0.4, -0.2) is 44.2 Å². The summed E-state index contributed by atoms with van der Waals surface area (Å²) in [5.74, 6) is 0.243. The minimum Gasteiger partial charge on any atom is -0.497 e. The molecule has 1 aliphatic heterocycles. The molecule has 1 aliphatic rings. The Morgan fingerprint density at radius 2 is 1.71 bits per heavy atom. The molecule has 0 radical (unpaired) electrons. The Balaban J connectivity index is 2.06. The van der Waals surface area contributed by atoms with Gasteiger partial charge in [-0.15, -0.1) is 0 Å². The lowest BCUT2D eigenvalue weighted by atomic mass is 10.0. The van der Waals surface area contributed by atoms with E-state index in [0.29, 0.717) is 11.5 Å². The van der Waals surface area contributed by atoms with E-state index in [1.807, 2.05) is 6.92 Å². The molecule has 1 fully saturated rings. The third-order valence-corrected chi connectivity index (χ3v) is 3.69. The first-order valence-electron chi connectivity index (χ1n) is 7.67. The summed E-state index contributed by atoms with van der Waals surface area (Å²) >= 11 is 0. The van der Waals surface area contributed by atoms with Gasteiger partial charge in [0.05, 0.1) is 13.0 Å². The number of ether oxygens (including phenoxy) is 5. The lowest BCUT2D eigenvalue weighted by Gasteiger charge is -2.20. The van der Waals surface area contributed by atoms with Gasteiger partial charge in [-0.1, -0.05) is 6.92 Å². The summed E-state index contributed by atoms with van der Waals surface area (Å²) in [6.45, 7) is 4.49. The molecule has 4 atom stereocenters. The van der Waals surface area contributed by atoms with Crippen LogP contribution in [-0.2, 0) is 23.8 Å². The van der Waals surface area contributed by atoms with E-state index in [2.05, 4.69) is 0 Å². The third kappa shape index (κ3) is 4.61. The molecular weight excluding hydrogens is 316 g/mol. The zero-order chi connectivity index (χ0) is 17.7. The molecule has 132 valence electrons. The molecule has 7 nitrogen and oxygen atoms in total. The van der Waals surface area contributed by atoms with Crippen LogP contribution in [0.15, 0.2) is 24.3 Å². The zero-order valence-corrected chi connectivity index (χ0v) is 14.2.